The highest BCUT2D eigenvalue weighted by molar-refractivity contribution is 5.82. The van der Waals surface area contributed by atoms with Gasteiger partial charge in [0.1, 0.15) is 5.78 Å². The second kappa shape index (κ2) is 5.31. The Bertz CT molecular complexity index is 141. The molecule has 0 amide bonds. The van der Waals surface area contributed by atoms with E-state index < -0.39 is 6.10 Å². The van der Waals surface area contributed by atoms with Gasteiger partial charge in [0, 0.05) is 11.8 Å². The molecule has 2 nitrogen and oxygen atoms in total. The normalized spacial score (nSPS) is 16.2. The first-order valence-electron chi connectivity index (χ1n) is 4.72. The minimum atomic E-state index is -0.454. The fourth-order valence-corrected chi connectivity index (χ4v) is 1.26. The number of hydrogen-bond donors (Lipinski definition) is 1. The number of hydrogen-bond acceptors (Lipinski definition) is 2. The average Bonchev–Trinajstić information content (AvgIpc) is 2.02. The molecule has 0 rings (SSSR count). The summed E-state index contributed by atoms with van der Waals surface area (Å²) in [7, 11) is 0. The van der Waals surface area contributed by atoms with E-state index in [4.69, 9.17) is 0 Å². The van der Waals surface area contributed by atoms with Crippen LogP contribution in [0.15, 0.2) is 0 Å². The van der Waals surface area contributed by atoms with E-state index in [0.717, 1.165) is 12.8 Å². The van der Waals surface area contributed by atoms with Gasteiger partial charge in [-0.15, -0.1) is 0 Å². The molecule has 12 heavy (non-hydrogen) atoms. The Hall–Kier alpha value is -0.370. The number of ketones is 1. The predicted molar refractivity (Wildman–Crippen MR) is 49.9 cm³/mol. The van der Waals surface area contributed by atoms with Crippen molar-refractivity contribution in [2.75, 3.05) is 0 Å². The van der Waals surface area contributed by atoms with Gasteiger partial charge in [-0.25, -0.2) is 0 Å². The molecular formula is C10H20O2. The number of rotatable bonds is 5. The van der Waals surface area contributed by atoms with Gasteiger partial charge >= 0.3 is 0 Å². The molecule has 2 heteroatoms. The van der Waals surface area contributed by atoms with Gasteiger partial charge < -0.3 is 5.11 Å². The van der Waals surface area contributed by atoms with Gasteiger partial charge in [-0.05, 0) is 6.42 Å². The van der Waals surface area contributed by atoms with Crippen molar-refractivity contribution in [2.24, 2.45) is 11.8 Å². The van der Waals surface area contributed by atoms with Crippen LogP contribution >= 0.6 is 0 Å². The minimum absolute atomic E-state index is 0.0338. The van der Waals surface area contributed by atoms with Crippen molar-refractivity contribution in [3.05, 3.63) is 0 Å². The first-order chi connectivity index (χ1) is 5.50. The molecule has 0 heterocycles. The third-order valence-corrected chi connectivity index (χ3v) is 2.18. The summed E-state index contributed by atoms with van der Waals surface area (Å²) in [6, 6.07) is 0. The quantitative estimate of drug-likeness (QED) is 0.688. The lowest BCUT2D eigenvalue weighted by Gasteiger charge is -2.18. The van der Waals surface area contributed by atoms with E-state index in [2.05, 4.69) is 0 Å². The average molecular weight is 172 g/mol. The van der Waals surface area contributed by atoms with Crippen LogP contribution in [-0.4, -0.2) is 17.0 Å². The summed E-state index contributed by atoms with van der Waals surface area (Å²) in [6.45, 7) is 7.56. The van der Waals surface area contributed by atoms with Gasteiger partial charge in [-0.3, -0.25) is 4.79 Å². The van der Waals surface area contributed by atoms with E-state index >= 15 is 0 Å². The van der Waals surface area contributed by atoms with Crippen molar-refractivity contribution in [2.45, 2.75) is 46.6 Å². The van der Waals surface area contributed by atoms with Crippen LogP contribution in [0.5, 0.6) is 0 Å². The number of carbonyl (C=O) groups is 1. The van der Waals surface area contributed by atoms with Crippen LogP contribution in [0.1, 0.15) is 40.5 Å². The number of aliphatic hydroxyl groups is 1. The van der Waals surface area contributed by atoms with Gasteiger partial charge in [-0.2, -0.15) is 0 Å². The van der Waals surface area contributed by atoms with Crippen molar-refractivity contribution in [3.63, 3.8) is 0 Å². The van der Waals surface area contributed by atoms with E-state index in [0.29, 0.717) is 0 Å². The number of carbonyl (C=O) groups excluding carboxylic acids is 1. The Kier molecular flexibility index (Phi) is 5.14. The van der Waals surface area contributed by atoms with E-state index in [9.17, 15) is 9.90 Å². The van der Waals surface area contributed by atoms with Gasteiger partial charge in [0.15, 0.2) is 0 Å². The van der Waals surface area contributed by atoms with Crippen LogP contribution in [0.3, 0.4) is 0 Å². The fourth-order valence-electron chi connectivity index (χ4n) is 1.26. The summed E-state index contributed by atoms with van der Waals surface area (Å²) in [6.07, 6.45) is 1.20. The molecule has 72 valence electrons. The van der Waals surface area contributed by atoms with Gasteiger partial charge in [0.25, 0.3) is 0 Å². The maximum Gasteiger partial charge on any atom is 0.140 e. The van der Waals surface area contributed by atoms with E-state index in [1.165, 1.54) is 0 Å². The summed E-state index contributed by atoms with van der Waals surface area (Å²) in [5.74, 6) is -0.00703. The lowest BCUT2D eigenvalue weighted by molar-refractivity contribution is -0.128. The van der Waals surface area contributed by atoms with Gasteiger partial charge in [0.05, 0.1) is 6.10 Å². The van der Waals surface area contributed by atoms with Crippen molar-refractivity contribution < 1.29 is 9.90 Å². The molecule has 0 aromatic heterocycles. The molecule has 2 atom stereocenters. The highest BCUT2D eigenvalue weighted by Crippen LogP contribution is 2.14. The lowest BCUT2D eigenvalue weighted by Crippen LogP contribution is -2.28. The monoisotopic (exact) mass is 172 g/mol. The first-order valence-corrected chi connectivity index (χ1v) is 4.72. The Labute approximate surface area is 75.0 Å². The Morgan fingerprint density at radius 3 is 2.17 bits per heavy atom. The summed E-state index contributed by atoms with van der Waals surface area (Å²) in [5, 5.41) is 9.52. The Morgan fingerprint density at radius 2 is 1.83 bits per heavy atom. The zero-order valence-electron chi connectivity index (χ0n) is 8.50. The van der Waals surface area contributed by atoms with Crippen LogP contribution in [-0.2, 0) is 4.79 Å². The zero-order chi connectivity index (χ0) is 9.72. The maximum absolute atomic E-state index is 11.4. The molecule has 0 aliphatic rings. The lowest BCUT2D eigenvalue weighted by atomic mass is 9.90. The van der Waals surface area contributed by atoms with Crippen LogP contribution < -0.4 is 0 Å². The highest BCUT2D eigenvalue weighted by atomic mass is 16.3. The van der Waals surface area contributed by atoms with E-state index in [1.807, 2.05) is 27.7 Å². The molecule has 1 N–H and O–H groups in total. The molecule has 0 bridgehead atoms. The van der Waals surface area contributed by atoms with Crippen molar-refractivity contribution >= 4 is 5.78 Å². The van der Waals surface area contributed by atoms with Gasteiger partial charge in [0.2, 0.25) is 0 Å². The van der Waals surface area contributed by atoms with Crippen LogP contribution in [0, 0.1) is 11.8 Å². The molecule has 0 aliphatic carbocycles. The summed E-state index contributed by atoms with van der Waals surface area (Å²) < 4.78 is 0. The molecular weight excluding hydrogens is 152 g/mol. The molecule has 0 saturated carbocycles. The summed E-state index contributed by atoms with van der Waals surface area (Å²) in [4.78, 5) is 11.4. The summed E-state index contributed by atoms with van der Waals surface area (Å²) in [5.41, 5.74) is 0. The first kappa shape index (κ1) is 11.6. The number of aliphatic hydroxyl groups excluding tert-OH is 1. The van der Waals surface area contributed by atoms with Gasteiger partial charge in [-0.1, -0.05) is 34.1 Å². The molecule has 0 aliphatic heterocycles. The maximum atomic E-state index is 11.4. The molecule has 0 spiro atoms. The number of Topliss-reactive ketones (excluding diaryl/α,β-unsaturated/α-hetero) is 1. The summed E-state index contributed by atoms with van der Waals surface area (Å²) >= 11 is 0. The molecule has 0 radical (unpaired) electrons. The predicted octanol–water partition coefficient (Wildman–Crippen LogP) is 2.01. The topological polar surface area (TPSA) is 37.3 Å². The van der Waals surface area contributed by atoms with E-state index in [-0.39, 0.29) is 17.6 Å². The third kappa shape index (κ3) is 3.35. The second-order valence-electron chi connectivity index (χ2n) is 3.70. The van der Waals surface area contributed by atoms with Crippen molar-refractivity contribution in [1.82, 2.24) is 0 Å². The fraction of sp³-hybridized carbons (Fsp3) is 0.900. The smallest absolute Gasteiger partial charge is 0.140 e. The largest absolute Gasteiger partial charge is 0.392 e. The Balaban J connectivity index is 4.00. The van der Waals surface area contributed by atoms with E-state index in [1.54, 1.807) is 0 Å². The molecule has 0 unspecified atom stereocenters. The zero-order valence-corrected chi connectivity index (χ0v) is 8.50. The molecule has 0 aromatic rings. The van der Waals surface area contributed by atoms with Crippen molar-refractivity contribution in [1.29, 1.82) is 0 Å². The van der Waals surface area contributed by atoms with Crippen LogP contribution in [0.4, 0.5) is 0 Å². The minimum Gasteiger partial charge on any atom is -0.392 e. The van der Waals surface area contributed by atoms with Crippen LogP contribution in [0.25, 0.3) is 0 Å². The third-order valence-electron chi connectivity index (χ3n) is 2.18. The molecule has 0 saturated heterocycles. The Morgan fingerprint density at radius 1 is 1.33 bits per heavy atom. The second-order valence-corrected chi connectivity index (χ2v) is 3.70. The SMILES string of the molecule is CCC[C@H](O)[C@@H](C)C(=O)C(C)C. The molecule has 0 aromatic carbocycles. The highest BCUT2D eigenvalue weighted by Gasteiger charge is 2.22. The van der Waals surface area contributed by atoms with Crippen molar-refractivity contribution in [3.8, 4) is 0 Å². The standard InChI is InChI=1S/C10H20O2/c1-5-6-9(11)8(4)10(12)7(2)3/h7-9,11H,5-6H2,1-4H3/t8-,9+/m1/s1. The molecule has 0 fully saturated rings. The van der Waals surface area contributed by atoms with Crippen LogP contribution in [0.2, 0.25) is 0 Å².